The van der Waals surface area contributed by atoms with Crippen molar-refractivity contribution < 1.29 is 32.1 Å². The first-order valence-electron chi connectivity index (χ1n) is 13.0. The predicted octanol–water partition coefficient (Wildman–Crippen LogP) is 6.82. The summed E-state index contributed by atoms with van der Waals surface area (Å²) in [7, 11) is 1.53. The lowest BCUT2D eigenvalue weighted by Crippen LogP contribution is -2.36. The third-order valence-electron chi connectivity index (χ3n) is 6.21. The number of halogens is 3. The molecule has 1 N–H and O–H groups in total. The van der Waals surface area contributed by atoms with Crippen LogP contribution in [-0.4, -0.2) is 56.0 Å². The van der Waals surface area contributed by atoms with Gasteiger partial charge in [-0.25, -0.2) is 9.98 Å². The highest BCUT2D eigenvalue weighted by atomic mass is 19.4. The van der Waals surface area contributed by atoms with Crippen molar-refractivity contribution in [2.24, 2.45) is 4.99 Å². The van der Waals surface area contributed by atoms with Gasteiger partial charge in [-0.15, -0.1) is 13.2 Å². The average molecular weight is 580 g/mol. The minimum Gasteiger partial charge on any atom is -0.493 e. The Hall–Kier alpha value is -4.84. The number of hydrogen-bond acceptors (Lipinski definition) is 9. The molecule has 5 rings (SSSR count). The van der Waals surface area contributed by atoms with E-state index in [9.17, 15) is 13.2 Å². The summed E-state index contributed by atoms with van der Waals surface area (Å²) in [5.41, 5.74) is 3.45. The van der Waals surface area contributed by atoms with Crippen molar-refractivity contribution in [2.45, 2.75) is 13.3 Å². The Kier molecular flexibility index (Phi) is 8.72. The lowest BCUT2D eigenvalue weighted by atomic mass is 10.2. The molecule has 0 atom stereocenters. The van der Waals surface area contributed by atoms with Crippen LogP contribution in [0.5, 0.6) is 23.1 Å². The van der Waals surface area contributed by atoms with E-state index in [4.69, 9.17) is 14.2 Å². The molecule has 4 aromatic rings. The van der Waals surface area contributed by atoms with Crippen molar-refractivity contribution >= 4 is 29.2 Å². The number of nitrogens with one attached hydrogen (secondary N) is 1. The molecule has 3 aromatic carbocycles. The van der Waals surface area contributed by atoms with Crippen molar-refractivity contribution in [3.63, 3.8) is 0 Å². The molecule has 0 bridgehead atoms. The standard InChI is InChI=1S/C30H28F3N5O4/c1-20-6-11-26(27(16-20)39-2)41-28-25(34-18-21-4-3-5-24(17-21)42-30(31,32)33)19-35-29(37-28)36-22-7-9-23(10-8-22)38-12-14-40-15-13-38/h3-11,16-19H,12-15H2,1-2H3,(H,35,36,37). The molecule has 0 unspecified atom stereocenters. The number of benzene rings is 3. The maximum Gasteiger partial charge on any atom is 0.573 e. The molecule has 1 aliphatic rings. The highest BCUT2D eigenvalue weighted by molar-refractivity contribution is 5.83. The number of nitrogens with zero attached hydrogens (tertiary/aromatic N) is 4. The number of ether oxygens (including phenoxy) is 4. The average Bonchev–Trinajstić information content (AvgIpc) is 2.98. The predicted molar refractivity (Wildman–Crippen MR) is 153 cm³/mol. The number of rotatable bonds is 9. The molecule has 12 heteroatoms. The van der Waals surface area contributed by atoms with E-state index >= 15 is 0 Å². The van der Waals surface area contributed by atoms with Gasteiger partial charge in [-0.05, 0) is 66.6 Å². The van der Waals surface area contributed by atoms with E-state index in [1.165, 1.54) is 37.7 Å². The number of aryl methyl sites for hydroxylation is 1. The number of alkyl halides is 3. The van der Waals surface area contributed by atoms with Crippen LogP contribution in [0.15, 0.2) is 77.9 Å². The van der Waals surface area contributed by atoms with Crippen LogP contribution >= 0.6 is 0 Å². The summed E-state index contributed by atoms with van der Waals surface area (Å²) >= 11 is 0. The van der Waals surface area contributed by atoms with Gasteiger partial charge in [0.25, 0.3) is 5.88 Å². The maximum absolute atomic E-state index is 12.7. The van der Waals surface area contributed by atoms with Gasteiger partial charge in [-0.2, -0.15) is 4.98 Å². The molecule has 1 aliphatic heterocycles. The van der Waals surface area contributed by atoms with Crippen molar-refractivity contribution in [3.05, 3.63) is 84.1 Å². The third-order valence-corrected chi connectivity index (χ3v) is 6.21. The largest absolute Gasteiger partial charge is 0.573 e. The normalized spacial score (nSPS) is 13.7. The Morgan fingerprint density at radius 3 is 2.52 bits per heavy atom. The summed E-state index contributed by atoms with van der Waals surface area (Å²) in [6, 6.07) is 18.8. The Bertz CT molecular complexity index is 1540. The molecule has 0 saturated carbocycles. The zero-order valence-electron chi connectivity index (χ0n) is 22.9. The number of aromatic nitrogens is 2. The quantitative estimate of drug-likeness (QED) is 0.216. The molecule has 2 heterocycles. The fourth-order valence-electron chi connectivity index (χ4n) is 4.19. The molecule has 9 nitrogen and oxygen atoms in total. The van der Waals surface area contributed by atoms with Crippen LogP contribution in [-0.2, 0) is 4.74 Å². The lowest BCUT2D eigenvalue weighted by molar-refractivity contribution is -0.274. The zero-order valence-corrected chi connectivity index (χ0v) is 22.9. The van der Waals surface area contributed by atoms with E-state index in [-0.39, 0.29) is 23.3 Å². The highest BCUT2D eigenvalue weighted by Crippen LogP contribution is 2.36. The molecule has 1 saturated heterocycles. The second-order valence-electron chi connectivity index (χ2n) is 9.29. The number of aliphatic imine (C=N–C) groups is 1. The number of morpholine rings is 1. The van der Waals surface area contributed by atoms with E-state index in [1.807, 2.05) is 43.3 Å². The van der Waals surface area contributed by atoms with Crippen molar-refractivity contribution in [1.29, 1.82) is 0 Å². The second kappa shape index (κ2) is 12.8. The van der Waals surface area contributed by atoms with E-state index in [2.05, 4.69) is 29.9 Å². The van der Waals surface area contributed by atoms with Crippen LogP contribution in [0.3, 0.4) is 0 Å². The summed E-state index contributed by atoms with van der Waals surface area (Å²) in [5.74, 6) is 0.907. The van der Waals surface area contributed by atoms with Gasteiger partial charge in [0.05, 0.1) is 26.5 Å². The molecule has 0 aliphatic carbocycles. The highest BCUT2D eigenvalue weighted by Gasteiger charge is 2.31. The van der Waals surface area contributed by atoms with Crippen molar-refractivity contribution in [1.82, 2.24) is 9.97 Å². The Morgan fingerprint density at radius 2 is 1.79 bits per heavy atom. The van der Waals surface area contributed by atoms with Crippen LogP contribution in [0.2, 0.25) is 0 Å². The monoisotopic (exact) mass is 579 g/mol. The number of methoxy groups -OCH3 is 1. The van der Waals surface area contributed by atoms with E-state index < -0.39 is 6.36 Å². The smallest absolute Gasteiger partial charge is 0.493 e. The summed E-state index contributed by atoms with van der Waals surface area (Å²) in [5, 5.41) is 3.18. The molecule has 1 fully saturated rings. The molecule has 0 radical (unpaired) electrons. The number of hydrogen-bond donors (Lipinski definition) is 1. The summed E-state index contributed by atoms with van der Waals surface area (Å²) in [4.78, 5) is 15.6. The third kappa shape index (κ3) is 7.67. The van der Waals surface area contributed by atoms with Crippen LogP contribution < -0.4 is 24.4 Å². The Labute approximate surface area is 240 Å². The first-order chi connectivity index (χ1) is 20.3. The van der Waals surface area contributed by atoms with Crippen LogP contribution in [0.25, 0.3) is 0 Å². The van der Waals surface area contributed by atoms with Gasteiger partial charge in [0.2, 0.25) is 5.95 Å². The van der Waals surface area contributed by atoms with Crippen LogP contribution in [0.1, 0.15) is 11.1 Å². The molecule has 0 amide bonds. The topological polar surface area (TPSA) is 90.3 Å². The fourth-order valence-corrected chi connectivity index (χ4v) is 4.19. The van der Waals surface area contributed by atoms with E-state index in [0.717, 1.165) is 30.0 Å². The van der Waals surface area contributed by atoms with Crippen molar-refractivity contribution in [3.8, 4) is 23.1 Å². The minimum atomic E-state index is -4.80. The van der Waals surface area contributed by atoms with Gasteiger partial charge in [-0.3, -0.25) is 0 Å². The number of anilines is 3. The fraction of sp³-hybridized carbons (Fsp3) is 0.233. The Balaban J connectivity index is 1.41. The van der Waals surface area contributed by atoms with Gasteiger partial charge in [-0.1, -0.05) is 18.2 Å². The first-order valence-corrected chi connectivity index (χ1v) is 13.0. The molecule has 42 heavy (non-hydrogen) atoms. The molecule has 0 spiro atoms. The second-order valence-corrected chi connectivity index (χ2v) is 9.29. The van der Waals surface area contributed by atoms with Crippen LogP contribution in [0.4, 0.5) is 36.2 Å². The zero-order chi connectivity index (χ0) is 29.5. The first kappa shape index (κ1) is 28.7. The van der Waals surface area contributed by atoms with Gasteiger partial charge in [0.15, 0.2) is 11.5 Å². The van der Waals surface area contributed by atoms with Gasteiger partial charge in [0, 0.05) is 30.7 Å². The molecule has 1 aromatic heterocycles. The summed E-state index contributed by atoms with van der Waals surface area (Å²) < 4.78 is 59.0. The molecular weight excluding hydrogens is 551 g/mol. The molecule has 218 valence electrons. The summed E-state index contributed by atoms with van der Waals surface area (Å²) in [6.07, 6.45) is -1.97. The maximum atomic E-state index is 12.7. The lowest BCUT2D eigenvalue weighted by Gasteiger charge is -2.28. The van der Waals surface area contributed by atoms with Crippen LogP contribution in [0, 0.1) is 6.92 Å². The summed E-state index contributed by atoms with van der Waals surface area (Å²) in [6.45, 7) is 4.99. The van der Waals surface area contributed by atoms with Crippen molar-refractivity contribution in [2.75, 3.05) is 43.6 Å². The van der Waals surface area contributed by atoms with Gasteiger partial charge in [0.1, 0.15) is 11.4 Å². The minimum absolute atomic E-state index is 0.110. The Morgan fingerprint density at radius 1 is 1.00 bits per heavy atom. The van der Waals surface area contributed by atoms with Gasteiger partial charge >= 0.3 is 6.36 Å². The SMILES string of the molecule is COc1cc(C)ccc1Oc1nc(Nc2ccc(N3CCOCC3)cc2)ncc1N=Cc1cccc(OC(F)(F)F)c1. The van der Waals surface area contributed by atoms with Gasteiger partial charge < -0.3 is 29.2 Å². The van der Waals surface area contributed by atoms with E-state index in [1.54, 1.807) is 12.1 Å². The molecular formula is C30H28F3N5O4. The van der Waals surface area contributed by atoms with E-state index in [0.29, 0.717) is 30.3 Å².